The molecule has 0 atom stereocenters. The Kier molecular flexibility index (Phi) is 3.90. The Bertz CT molecular complexity index is 571. The molecule has 0 radical (unpaired) electrons. The van der Waals surface area contributed by atoms with Gasteiger partial charge in [0, 0.05) is 12.5 Å². The first kappa shape index (κ1) is 13.2. The third-order valence-corrected chi connectivity index (χ3v) is 2.78. The minimum Gasteiger partial charge on any atom is -0.481 e. The third-order valence-electron chi connectivity index (χ3n) is 2.78. The predicted molar refractivity (Wildman–Crippen MR) is 67.8 cm³/mol. The number of aryl methyl sites for hydroxylation is 1. The van der Waals surface area contributed by atoms with Crippen LogP contribution >= 0.6 is 0 Å². The van der Waals surface area contributed by atoms with Gasteiger partial charge in [-0.25, -0.2) is 8.78 Å². The van der Waals surface area contributed by atoms with Crippen LogP contribution in [0, 0.1) is 11.6 Å². The molecule has 0 bridgehead atoms. The minimum atomic E-state index is -0.851. The first-order chi connectivity index (χ1) is 9.04. The SMILES string of the molecule is O=C(O)CCc1ccc(-c2cc(F)cc(F)c2)cc1. The molecule has 0 amide bonds. The lowest BCUT2D eigenvalue weighted by Gasteiger charge is -2.04. The van der Waals surface area contributed by atoms with E-state index in [1.165, 1.54) is 12.1 Å². The lowest BCUT2D eigenvalue weighted by Crippen LogP contribution is -1.97. The average molecular weight is 262 g/mol. The lowest BCUT2D eigenvalue weighted by atomic mass is 10.0. The molecule has 0 fully saturated rings. The summed E-state index contributed by atoms with van der Waals surface area (Å²) in [5.41, 5.74) is 2.03. The highest BCUT2D eigenvalue weighted by atomic mass is 19.1. The highest BCUT2D eigenvalue weighted by Crippen LogP contribution is 2.22. The van der Waals surface area contributed by atoms with E-state index in [9.17, 15) is 13.6 Å². The molecule has 0 heterocycles. The standard InChI is InChI=1S/C15H12F2O2/c16-13-7-12(8-14(17)9-13)11-4-1-10(2-5-11)3-6-15(18)19/h1-2,4-5,7-9H,3,6H2,(H,18,19). The highest BCUT2D eigenvalue weighted by Gasteiger charge is 2.04. The normalized spacial score (nSPS) is 10.4. The van der Waals surface area contributed by atoms with E-state index >= 15 is 0 Å². The molecule has 0 spiro atoms. The maximum Gasteiger partial charge on any atom is 0.303 e. The zero-order valence-corrected chi connectivity index (χ0v) is 10.1. The molecule has 2 aromatic rings. The smallest absolute Gasteiger partial charge is 0.303 e. The molecule has 2 aromatic carbocycles. The van der Waals surface area contributed by atoms with E-state index in [2.05, 4.69) is 0 Å². The number of carbonyl (C=O) groups is 1. The maximum atomic E-state index is 13.1. The average Bonchev–Trinajstić information content (AvgIpc) is 2.36. The van der Waals surface area contributed by atoms with E-state index in [0.29, 0.717) is 17.5 Å². The number of hydrogen-bond donors (Lipinski definition) is 1. The van der Waals surface area contributed by atoms with Crippen LogP contribution in [0.4, 0.5) is 8.78 Å². The summed E-state index contributed by atoms with van der Waals surface area (Å²) in [6.07, 6.45) is 0.501. The largest absolute Gasteiger partial charge is 0.481 e. The molecule has 2 rings (SSSR count). The molecule has 2 nitrogen and oxygen atoms in total. The first-order valence-electron chi connectivity index (χ1n) is 5.82. The van der Waals surface area contributed by atoms with Crippen molar-refractivity contribution in [2.45, 2.75) is 12.8 Å². The van der Waals surface area contributed by atoms with Crippen molar-refractivity contribution in [3.63, 3.8) is 0 Å². The van der Waals surface area contributed by atoms with Crippen molar-refractivity contribution in [3.8, 4) is 11.1 Å². The monoisotopic (exact) mass is 262 g/mol. The molecule has 19 heavy (non-hydrogen) atoms. The van der Waals surface area contributed by atoms with Crippen molar-refractivity contribution >= 4 is 5.97 Å². The van der Waals surface area contributed by atoms with Crippen LogP contribution in [0.15, 0.2) is 42.5 Å². The Morgan fingerprint density at radius 2 is 1.53 bits per heavy atom. The number of rotatable bonds is 4. The van der Waals surface area contributed by atoms with E-state index < -0.39 is 17.6 Å². The maximum absolute atomic E-state index is 13.1. The second kappa shape index (κ2) is 5.61. The van der Waals surface area contributed by atoms with Gasteiger partial charge in [-0.3, -0.25) is 4.79 Å². The van der Waals surface area contributed by atoms with Gasteiger partial charge in [-0.2, -0.15) is 0 Å². The molecule has 98 valence electrons. The van der Waals surface area contributed by atoms with Gasteiger partial charge < -0.3 is 5.11 Å². The van der Waals surface area contributed by atoms with Crippen LogP contribution in [0.5, 0.6) is 0 Å². The fourth-order valence-electron chi connectivity index (χ4n) is 1.84. The van der Waals surface area contributed by atoms with Crippen molar-refractivity contribution in [1.29, 1.82) is 0 Å². The second-order valence-electron chi connectivity index (χ2n) is 4.25. The van der Waals surface area contributed by atoms with Gasteiger partial charge in [0.05, 0.1) is 0 Å². The van der Waals surface area contributed by atoms with Crippen LogP contribution in [0.1, 0.15) is 12.0 Å². The minimum absolute atomic E-state index is 0.0634. The van der Waals surface area contributed by atoms with E-state index in [1.807, 2.05) is 0 Å². The van der Waals surface area contributed by atoms with Crippen LogP contribution in [0.25, 0.3) is 11.1 Å². The van der Waals surface area contributed by atoms with E-state index in [0.717, 1.165) is 11.6 Å². The van der Waals surface area contributed by atoms with Gasteiger partial charge in [0.1, 0.15) is 11.6 Å². The number of aliphatic carboxylic acids is 1. The Hall–Kier alpha value is -2.23. The Morgan fingerprint density at radius 1 is 0.947 bits per heavy atom. The molecule has 4 heteroatoms. The fraction of sp³-hybridized carbons (Fsp3) is 0.133. The van der Waals surface area contributed by atoms with Gasteiger partial charge in [0.25, 0.3) is 0 Å². The molecule has 0 aromatic heterocycles. The summed E-state index contributed by atoms with van der Waals surface area (Å²) >= 11 is 0. The van der Waals surface area contributed by atoms with Crippen LogP contribution in [0.3, 0.4) is 0 Å². The van der Waals surface area contributed by atoms with Gasteiger partial charge in [-0.05, 0) is 35.2 Å². The van der Waals surface area contributed by atoms with E-state index in [4.69, 9.17) is 5.11 Å². The highest BCUT2D eigenvalue weighted by molar-refractivity contribution is 5.67. The molecular weight excluding hydrogens is 250 g/mol. The zero-order chi connectivity index (χ0) is 13.8. The Morgan fingerprint density at radius 3 is 2.05 bits per heavy atom. The van der Waals surface area contributed by atoms with E-state index in [1.54, 1.807) is 24.3 Å². The number of carboxylic acid groups (broad SMARTS) is 1. The summed E-state index contributed by atoms with van der Waals surface area (Å²) < 4.78 is 26.2. The van der Waals surface area contributed by atoms with Crippen molar-refractivity contribution in [1.82, 2.24) is 0 Å². The first-order valence-corrected chi connectivity index (χ1v) is 5.82. The van der Waals surface area contributed by atoms with Crippen molar-refractivity contribution in [2.75, 3.05) is 0 Å². The molecule has 0 aliphatic rings. The molecule has 0 saturated heterocycles. The van der Waals surface area contributed by atoms with Crippen LogP contribution in [-0.2, 0) is 11.2 Å². The lowest BCUT2D eigenvalue weighted by molar-refractivity contribution is -0.136. The predicted octanol–water partition coefficient (Wildman–Crippen LogP) is 3.65. The Balaban J connectivity index is 2.19. The van der Waals surface area contributed by atoms with Crippen molar-refractivity contribution in [2.24, 2.45) is 0 Å². The molecule has 1 N–H and O–H groups in total. The fourth-order valence-corrected chi connectivity index (χ4v) is 1.84. The van der Waals surface area contributed by atoms with Gasteiger partial charge in [0.2, 0.25) is 0 Å². The Labute approximate surface area is 109 Å². The third kappa shape index (κ3) is 3.61. The van der Waals surface area contributed by atoms with Gasteiger partial charge in [-0.15, -0.1) is 0 Å². The molecule has 0 aliphatic carbocycles. The molecular formula is C15H12F2O2. The summed E-state index contributed by atoms with van der Waals surface area (Å²) in [5, 5.41) is 8.59. The van der Waals surface area contributed by atoms with Gasteiger partial charge in [-0.1, -0.05) is 24.3 Å². The molecule has 0 saturated carbocycles. The molecule has 0 aliphatic heterocycles. The van der Waals surface area contributed by atoms with Gasteiger partial charge >= 0.3 is 5.97 Å². The van der Waals surface area contributed by atoms with Crippen molar-refractivity contribution in [3.05, 3.63) is 59.7 Å². The van der Waals surface area contributed by atoms with E-state index in [-0.39, 0.29) is 6.42 Å². The second-order valence-corrected chi connectivity index (χ2v) is 4.25. The van der Waals surface area contributed by atoms with Gasteiger partial charge in [0.15, 0.2) is 0 Å². The van der Waals surface area contributed by atoms with Crippen LogP contribution in [0.2, 0.25) is 0 Å². The summed E-state index contributed by atoms with van der Waals surface area (Å²) in [4.78, 5) is 10.5. The number of benzene rings is 2. The molecule has 0 unspecified atom stereocenters. The number of carboxylic acids is 1. The zero-order valence-electron chi connectivity index (χ0n) is 10.1. The van der Waals surface area contributed by atoms with Crippen LogP contribution < -0.4 is 0 Å². The van der Waals surface area contributed by atoms with Crippen LogP contribution in [-0.4, -0.2) is 11.1 Å². The quantitative estimate of drug-likeness (QED) is 0.913. The van der Waals surface area contributed by atoms with Crippen molar-refractivity contribution < 1.29 is 18.7 Å². The summed E-state index contributed by atoms with van der Waals surface area (Å²) in [7, 11) is 0. The summed E-state index contributed by atoms with van der Waals surface area (Å²) in [5.74, 6) is -2.09. The summed E-state index contributed by atoms with van der Waals surface area (Å²) in [6.45, 7) is 0. The number of halogens is 2. The topological polar surface area (TPSA) is 37.3 Å². The number of hydrogen-bond acceptors (Lipinski definition) is 1. The summed E-state index contributed by atoms with van der Waals surface area (Å²) in [6, 6.07) is 10.3.